The molecule has 2 amide bonds. The lowest BCUT2D eigenvalue weighted by atomic mass is 10.0. The van der Waals surface area contributed by atoms with Crippen molar-refractivity contribution in [2.45, 2.75) is 25.8 Å². The van der Waals surface area contributed by atoms with Gasteiger partial charge in [0.1, 0.15) is 5.69 Å². The molecule has 7 heteroatoms. The number of carbonyl (C=O) groups is 2. The van der Waals surface area contributed by atoms with Crippen molar-refractivity contribution in [1.29, 1.82) is 0 Å². The van der Waals surface area contributed by atoms with Crippen LogP contribution in [0.2, 0.25) is 0 Å². The highest BCUT2D eigenvalue weighted by molar-refractivity contribution is 6.00. The Hall–Kier alpha value is -3.61. The molecule has 2 aromatic carbocycles. The van der Waals surface area contributed by atoms with E-state index in [9.17, 15) is 9.59 Å². The topological polar surface area (TPSA) is 76.5 Å². The molecule has 4 rings (SSSR count). The molecule has 1 aliphatic heterocycles. The summed E-state index contributed by atoms with van der Waals surface area (Å²) in [6, 6.07) is 19.4. The third kappa shape index (κ3) is 4.77. The van der Waals surface area contributed by atoms with Crippen LogP contribution >= 0.6 is 0 Å². The fourth-order valence-corrected chi connectivity index (χ4v) is 3.75. The number of nitrogens with zero attached hydrogens (tertiary/aromatic N) is 3. The van der Waals surface area contributed by atoms with Gasteiger partial charge in [-0.3, -0.25) is 4.79 Å². The van der Waals surface area contributed by atoms with Crippen molar-refractivity contribution >= 4 is 12.0 Å². The average molecular weight is 418 g/mol. The molecule has 1 saturated heterocycles. The minimum atomic E-state index is -0.289. The second-order valence-electron chi connectivity index (χ2n) is 7.47. The number of ether oxygens (including phenoxy) is 1. The zero-order valence-corrected chi connectivity index (χ0v) is 17.5. The number of carbonyl (C=O) groups excluding carboxylic acids is 2. The number of hydrogen-bond donors (Lipinski definition) is 1. The van der Waals surface area contributed by atoms with Crippen LogP contribution in [-0.4, -0.2) is 52.4 Å². The summed E-state index contributed by atoms with van der Waals surface area (Å²) in [5.41, 5.74) is 2.95. The van der Waals surface area contributed by atoms with Gasteiger partial charge in [0.2, 0.25) is 0 Å². The van der Waals surface area contributed by atoms with Crippen LogP contribution in [0.1, 0.15) is 30.1 Å². The number of benzene rings is 2. The van der Waals surface area contributed by atoms with Crippen LogP contribution in [0.5, 0.6) is 0 Å². The second kappa shape index (κ2) is 9.47. The molecular formula is C24H26N4O3. The molecule has 31 heavy (non-hydrogen) atoms. The van der Waals surface area contributed by atoms with Crippen LogP contribution in [-0.2, 0) is 4.74 Å². The zero-order chi connectivity index (χ0) is 21.6. The molecule has 0 atom stereocenters. The molecule has 1 aromatic heterocycles. The minimum Gasteiger partial charge on any atom is -0.450 e. The maximum absolute atomic E-state index is 13.2. The first-order valence-corrected chi connectivity index (χ1v) is 10.6. The standard InChI is InChI=1S/C24H26N4O3/c1-2-31-24(30)27-15-13-19(14-16-27)25-23(29)21-17-28(20-11-7-4-8-12-20)26-22(21)18-9-5-3-6-10-18/h3-12,17,19H,2,13-16H2,1H3,(H,25,29). The normalized spacial score (nSPS) is 14.3. The van der Waals surface area contributed by atoms with Crippen molar-refractivity contribution in [2.75, 3.05) is 19.7 Å². The van der Waals surface area contributed by atoms with Gasteiger partial charge >= 0.3 is 6.09 Å². The van der Waals surface area contributed by atoms with E-state index < -0.39 is 0 Å². The Bertz CT molecular complexity index is 1030. The molecule has 3 aromatic rings. The molecule has 0 saturated carbocycles. The molecular weight excluding hydrogens is 392 g/mol. The highest BCUT2D eigenvalue weighted by Crippen LogP contribution is 2.24. The maximum atomic E-state index is 13.2. The van der Waals surface area contributed by atoms with E-state index in [-0.39, 0.29) is 18.0 Å². The van der Waals surface area contributed by atoms with Crippen LogP contribution < -0.4 is 5.32 Å². The summed E-state index contributed by atoms with van der Waals surface area (Å²) in [6.45, 7) is 3.30. The molecule has 1 N–H and O–H groups in total. The van der Waals surface area contributed by atoms with E-state index in [1.165, 1.54) is 0 Å². The summed E-state index contributed by atoms with van der Waals surface area (Å²) in [7, 11) is 0. The van der Waals surface area contributed by atoms with Crippen molar-refractivity contribution in [3.05, 3.63) is 72.4 Å². The Morgan fingerprint density at radius 3 is 2.32 bits per heavy atom. The predicted octanol–water partition coefficient (Wildman–Crippen LogP) is 3.89. The Morgan fingerprint density at radius 1 is 1.03 bits per heavy atom. The van der Waals surface area contributed by atoms with E-state index in [0.29, 0.717) is 43.8 Å². The van der Waals surface area contributed by atoms with Gasteiger partial charge in [0.15, 0.2) is 0 Å². The Labute approximate surface area is 181 Å². The van der Waals surface area contributed by atoms with Gasteiger partial charge in [0.05, 0.1) is 17.9 Å². The van der Waals surface area contributed by atoms with Crippen molar-refractivity contribution in [3.8, 4) is 16.9 Å². The van der Waals surface area contributed by atoms with E-state index in [1.54, 1.807) is 22.7 Å². The van der Waals surface area contributed by atoms with Crippen molar-refractivity contribution in [1.82, 2.24) is 20.0 Å². The van der Waals surface area contributed by atoms with Gasteiger partial charge in [0, 0.05) is 30.9 Å². The van der Waals surface area contributed by atoms with Crippen LogP contribution in [0.15, 0.2) is 66.9 Å². The molecule has 0 unspecified atom stereocenters. The van der Waals surface area contributed by atoms with Crippen LogP contribution in [0, 0.1) is 0 Å². The molecule has 1 fully saturated rings. The van der Waals surface area contributed by atoms with Crippen molar-refractivity contribution < 1.29 is 14.3 Å². The molecule has 160 valence electrons. The fourth-order valence-electron chi connectivity index (χ4n) is 3.75. The minimum absolute atomic E-state index is 0.00174. The van der Waals surface area contributed by atoms with Gasteiger partial charge in [-0.1, -0.05) is 48.5 Å². The summed E-state index contributed by atoms with van der Waals surface area (Å²) in [5.74, 6) is -0.157. The number of aromatic nitrogens is 2. The molecule has 7 nitrogen and oxygen atoms in total. The van der Waals surface area contributed by atoms with Gasteiger partial charge in [-0.05, 0) is 31.9 Å². The first kappa shape index (κ1) is 20.7. The van der Waals surface area contributed by atoms with E-state index >= 15 is 0 Å². The summed E-state index contributed by atoms with van der Waals surface area (Å²) in [4.78, 5) is 26.8. The lowest BCUT2D eigenvalue weighted by Crippen LogP contribution is -2.46. The lowest BCUT2D eigenvalue weighted by Gasteiger charge is -2.31. The van der Waals surface area contributed by atoms with Gasteiger partial charge in [-0.2, -0.15) is 5.10 Å². The average Bonchev–Trinajstić information content (AvgIpc) is 3.27. The van der Waals surface area contributed by atoms with Gasteiger partial charge < -0.3 is 15.0 Å². The van der Waals surface area contributed by atoms with Gasteiger partial charge in [-0.15, -0.1) is 0 Å². The third-order valence-electron chi connectivity index (χ3n) is 5.38. The largest absolute Gasteiger partial charge is 0.450 e. The van der Waals surface area contributed by atoms with Gasteiger partial charge in [-0.25, -0.2) is 9.48 Å². The highest BCUT2D eigenvalue weighted by atomic mass is 16.6. The van der Waals surface area contributed by atoms with Crippen molar-refractivity contribution in [2.24, 2.45) is 0 Å². The number of hydrogen-bond acceptors (Lipinski definition) is 4. The van der Waals surface area contributed by atoms with E-state index in [2.05, 4.69) is 5.32 Å². The van der Waals surface area contributed by atoms with Crippen LogP contribution in [0.4, 0.5) is 4.79 Å². The molecule has 0 bridgehead atoms. The number of piperidine rings is 1. The van der Waals surface area contributed by atoms with Gasteiger partial charge in [0.25, 0.3) is 5.91 Å². The Balaban J connectivity index is 1.52. The quantitative estimate of drug-likeness (QED) is 0.682. The number of nitrogens with one attached hydrogen (secondary N) is 1. The molecule has 2 heterocycles. The molecule has 1 aliphatic rings. The van der Waals surface area contributed by atoms with E-state index in [4.69, 9.17) is 9.84 Å². The number of rotatable bonds is 5. The maximum Gasteiger partial charge on any atom is 0.409 e. The number of para-hydroxylation sites is 1. The van der Waals surface area contributed by atoms with Crippen molar-refractivity contribution in [3.63, 3.8) is 0 Å². The SMILES string of the molecule is CCOC(=O)N1CCC(NC(=O)c2cn(-c3ccccc3)nc2-c2ccccc2)CC1. The third-order valence-corrected chi connectivity index (χ3v) is 5.38. The Kier molecular flexibility index (Phi) is 6.31. The highest BCUT2D eigenvalue weighted by Gasteiger charge is 2.26. The lowest BCUT2D eigenvalue weighted by molar-refractivity contribution is 0.0860. The molecule has 0 radical (unpaired) electrons. The summed E-state index contributed by atoms with van der Waals surface area (Å²) in [6.07, 6.45) is 2.87. The summed E-state index contributed by atoms with van der Waals surface area (Å²) < 4.78 is 6.80. The number of likely N-dealkylation sites (tertiary alicyclic amines) is 1. The summed E-state index contributed by atoms with van der Waals surface area (Å²) >= 11 is 0. The first-order valence-electron chi connectivity index (χ1n) is 10.6. The first-order chi connectivity index (χ1) is 15.2. The van der Waals surface area contributed by atoms with E-state index in [1.807, 2.05) is 60.7 Å². The van der Waals surface area contributed by atoms with Crippen LogP contribution in [0.25, 0.3) is 16.9 Å². The molecule has 0 spiro atoms. The Morgan fingerprint density at radius 2 is 1.68 bits per heavy atom. The second-order valence-corrected chi connectivity index (χ2v) is 7.47. The van der Waals surface area contributed by atoms with E-state index in [0.717, 1.165) is 11.3 Å². The predicted molar refractivity (Wildman–Crippen MR) is 118 cm³/mol. The smallest absolute Gasteiger partial charge is 0.409 e. The number of amides is 2. The monoisotopic (exact) mass is 418 g/mol. The van der Waals surface area contributed by atoms with Crippen LogP contribution in [0.3, 0.4) is 0 Å². The molecule has 0 aliphatic carbocycles. The summed E-state index contributed by atoms with van der Waals surface area (Å²) in [5, 5.41) is 7.84. The zero-order valence-electron chi connectivity index (χ0n) is 17.5. The fraction of sp³-hybridized carbons (Fsp3) is 0.292.